The van der Waals surface area contributed by atoms with Gasteiger partial charge in [-0.25, -0.2) is 0 Å². The minimum atomic E-state index is -0.0652. The third-order valence-corrected chi connectivity index (χ3v) is 3.35. The summed E-state index contributed by atoms with van der Waals surface area (Å²) in [6.45, 7) is 2.41. The van der Waals surface area contributed by atoms with Crippen LogP contribution >= 0.6 is 11.6 Å². The summed E-state index contributed by atoms with van der Waals surface area (Å²) in [4.78, 5) is 11.7. The van der Waals surface area contributed by atoms with Gasteiger partial charge >= 0.3 is 0 Å². The van der Waals surface area contributed by atoms with E-state index >= 15 is 0 Å². The van der Waals surface area contributed by atoms with Crippen molar-refractivity contribution in [1.82, 2.24) is 9.78 Å². The molecule has 0 saturated carbocycles. The smallest absolute Gasteiger partial charge is 0.225 e. The van der Waals surface area contributed by atoms with Crippen molar-refractivity contribution >= 4 is 23.3 Å². The van der Waals surface area contributed by atoms with Crippen LogP contribution in [0.15, 0.2) is 30.5 Å². The molecule has 112 valence electrons. The summed E-state index contributed by atoms with van der Waals surface area (Å²) in [5.74, 6) is 1.27. The maximum absolute atomic E-state index is 11.7. The summed E-state index contributed by atoms with van der Waals surface area (Å²) in [5, 5.41) is 7.54. The van der Waals surface area contributed by atoms with Crippen LogP contribution in [0.1, 0.15) is 18.4 Å². The molecule has 2 rings (SSSR count). The minimum absolute atomic E-state index is 0.0652. The van der Waals surface area contributed by atoms with Crippen LogP contribution in [-0.4, -0.2) is 22.3 Å². The molecule has 1 amide bonds. The first kappa shape index (κ1) is 15.4. The van der Waals surface area contributed by atoms with Crippen molar-refractivity contribution in [3.8, 4) is 5.75 Å². The fraction of sp³-hybridized carbons (Fsp3) is 0.333. The third-order valence-electron chi connectivity index (χ3n) is 2.93. The lowest BCUT2D eigenvalue weighted by atomic mass is 10.2. The fourth-order valence-electron chi connectivity index (χ4n) is 1.82. The monoisotopic (exact) mass is 307 g/mol. The molecule has 1 aromatic carbocycles. The first-order valence-electron chi connectivity index (χ1n) is 6.73. The molecular formula is C15H18ClN3O2. The molecule has 1 aromatic heterocycles. The van der Waals surface area contributed by atoms with Crippen molar-refractivity contribution < 1.29 is 9.53 Å². The zero-order valence-corrected chi connectivity index (χ0v) is 12.9. The average molecular weight is 308 g/mol. The van der Waals surface area contributed by atoms with Crippen LogP contribution in [0, 0.1) is 6.92 Å². The normalized spacial score (nSPS) is 10.4. The summed E-state index contributed by atoms with van der Waals surface area (Å²) >= 11 is 5.95. The zero-order chi connectivity index (χ0) is 15.2. The van der Waals surface area contributed by atoms with Gasteiger partial charge < -0.3 is 10.1 Å². The molecule has 0 bridgehead atoms. The van der Waals surface area contributed by atoms with Gasteiger partial charge in [0.15, 0.2) is 5.82 Å². The van der Waals surface area contributed by atoms with E-state index in [4.69, 9.17) is 16.3 Å². The van der Waals surface area contributed by atoms with Crippen LogP contribution in [0.25, 0.3) is 0 Å². The molecule has 1 heterocycles. The van der Waals surface area contributed by atoms with Crippen LogP contribution in [-0.2, 0) is 11.8 Å². The summed E-state index contributed by atoms with van der Waals surface area (Å²) in [5.41, 5.74) is 0.974. The standard InChI is InChI=1S/C15H18ClN3O2/c1-11-10-12(5-6-13(11)16)21-9-3-4-15(20)17-14-7-8-19(2)18-14/h5-8,10H,3-4,9H2,1-2H3,(H,17,18,20). The molecule has 6 heteroatoms. The van der Waals surface area contributed by atoms with E-state index in [0.29, 0.717) is 25.3 Å². The number of carbonyl (C=O) groups is 1. The Bertz CT molecular complexity index is 625. The Balaban J connectivity index is 1.69. The molecule has 0 aliphatic heterocycles. The minimum Gasteiger partial charge on any atom is -0.494 e. The highest BCUT2D eigenvalue weighted by molar-refractivity contribution is 6.31. The van der Waals surface area contributed by atoms with Crippen molar-refractivity contribution in [1.29, 1.82) is 0 Å². The Morgan fingerprint density at radius 2 is 2.24 bits per heavy atom. The Morgan fingerprint density at radius 1 is 1.43 bits per heavy atom. The molecule has 2 aromatic rings. The Labute approximate surface area is 128 Å². The molecule has 0 atom stereocenters. The van der Waals surface area contributed by atoms with E-state index in [1.165, 1.54) is 0 Å². The number of aromatic nitrogens is 2. The second kappa shape index (κ2) is 7.13. The SMILES string of the molecule is Cc1cc(OCCCC(=O)Nc2ccn(C)n2)ccc1Cl. The van der Waals surface area contributed by atoms with Crippen molar-refractivity contribution in [2.45, 2.75) is 19.8 Å². The van der Waals surface area contributed by atoms with Gasteiger partial charge in [0, 0.05) is 30.8 Å². The number of ether oxygens (including phenoxy) is 1. The molecular weight excluding hydrogens is 290 g/mol. The number of rotatable bonds is 6. The van der Waals surface area contributed by atoms with E-state index in [1.54, 1.807) is 30.1 Å². The van der Waals surface area contributed by atoms with Gasteiger partial charge in [0.25, 0.3) is 0 Å². The molecule has 0 fully saturated rings. The van der Waals surface area contributed by atoms with Crippen molar-refractivity contribution in [3.05, 3.63) is 41.0 Å². The number of amides is 1. The van der Waals surface area contributed by atoms with Gasteiger partial charge in [0.2, 0.25) is 5.91 Å². The summed E-state index contributed by atoms with van der Waals surface area (Å²) < 4.78 is 7.23. The fourth-order valence-corrected chi connectivity index (χ4v) is 1.93. The van der Waals surface area contributed by atoms with Gasteiger partial charge in [-0.3, -0.25) is 9.48 Å². The zero-order valence-electron chi connectivity index (χ0n) is 12.1. The lowest BCUT2D eigenvalue weighted by molar-refractivity contribution is -0.116. The van der Waals surface area contributed by atoms with E-state index < -0.39 is 0 Å². The second-order valence-corrected chi connectivity index (χ2v) is 5.19. The van der Waals surface area contributed by atoms with Gasteiger partial charge in [-0.1, -0.05) is 11.6 Å². The van der Waals surface area contributed by atoms with Crippen LogP contribution in [0.3, 0.4) is 0 Å². The number of hydrogen-bond acceptors (Lipinski definition) is 3. The molecule has 5 nitrogen and oxygen atoms in total. The number of nitrogens with zero attached hydrogens (tertiary/aromatic N) is 2. The van der Waals surface area contributed by atoms with E-state index in [0.717, 1.165) is 16.3 Å². The molecule has 0 unspecified atom stereocenters. The summed E-state index contributed by atoms with van der Waals surface area (Å²) in [7, 11) is 1.80. The first-order chi connectivity index (χ1) is 10.0. The highest BCUT2D eigenvalue weighted by Gasteiger charge is 2.05. The lowest BCUT2D eigenvalue weighted by Gasteiger charge is -2.07. The largest absolute Gasteiger partial charge is 0.494 e. The topological polar surface area (TPSA) is 56.1 Å². The van der Waals surface area contributed by atoms with Crippen molar-refractivity contribution in [2.24, 2.45) is 7.05 Å². The highest BCUT2D eigenvalue weighted by Crippen LogP contribution is 2.21. The van der Waals surface area contributed by atoms with Gasteiger partial charge in [-0.15, -0.1) is 0 Å². The van der Waals surface area contributed by atoms with Gasteiger partial charge in [0.1, 0.15) is 5.75 Å². The number of nitrogens with one attached hydrogen (secondary N) is 1. The predicted octanol–water partition coefficient (Wildman–Crippen LogP) is 3.18. The van der Waals surface area contributed by atoms with Crippen LogP contribution in [0.5, 0.6) is 5.75 Å². The summed E-state index contributed by atoms with van der Waals surface area (Å²) in [6.07, 6.45) is 2.81. The van der Waals surface area contributed by atoms with E-state index in [-0.39, 0.29) is 5.91 Å². The van der Waals surface area contributed by atoms with E-state index in [2.05, 4.69) is 10.4 Å². The van der Waals surface area contributed by atoms with Crippen LogP contribution < -0.4 is 10.1 Å². The average Bonchev–Trinajstić information content (AvgIpc) is 2.84. The number of halogens is 1. The maximum atomic E-state index is 11.7. The third kappa shape index (κ3) is 4.79. The molecule has 21 heavy (non-hydrogen) atoms. The first-order valence-corrected chi connectivity index (χ1v) is 7.11. The molecule has 0 saturated heterocycles. The molecule has 1 N–H and O–H groups in total. The molecule has 0 aliphatic carbocycles. The number of anilines is 1. The second-order valence-electron chi connectivity index (χ2n) is 4.79. The van der Waals surface area contributed by atoms with E-state index in [9.17, 15) is 4.79 Å². The number of benzene rings is 1. The lowest BCUT2D eigenvalue weighted by Crippen LogP contribution is -2.13. The van der Waals surface area contributed by atoms with Gasteiger partial charge in [0.05, 0.1) is 6.61 Å². The quantitative estimate of drug-likeness (QED) is 0.834. The molecule has 0 spiro atoms. The van der Waals surface area contributed by atoms with Gasteiger partial charge in [-0.05, 0) is 37.1 Å². The molecule has 0 aliphatic rings. The van der Waals surface area contributed by atoms with Gasteiger partial charge in [-0.2, -0.15) is 5.10 Å². The number of hydrogen-bond donors (Lipinski definition) is 1. The number of aryl methyl sites for hydroxylation is 2. The Kier molecular flexibility index (Phi) is 5.22. The van der Waals surface area contributed by atoms with Crippen LogP contribution in [0.4, 0.5) is 5.82 Å². The Morgan fingerprint density at radius 3 is 2.90 bits per heavy atom. The van der Waals surface area contributed by atoms with E-state index in [1.807, 2.05) is 19.1 Å². The predicted molar refractivity (Wildman–Crippen MR) is 82.8 cm³/mol. The summed E-state index contributed by atoms with van der Waals surface area (Å²) in [6, 6.07) is 7.27. The van der Waals surface area contributed by atoms with Crippen molar-refractivity contribution in [2.75, 3.05) is 11.9 Å². The van der Waals surface area contributed by atoms with Crippen molar-refractivity contribution in [3.63, 3.8) is 0 Å². The Hall–Kier alpha value is -2.01. The van der Waals surface area contributed by atoms with Crippen LogP contribution in [0.2, 0.25) is 5.02 Å². The number of carbonyl (C=O) groups excluding carboxylic acids is 1. The molecule has 0 radical (unpaired) electrons. The maximum Gasteiger partial charge on any atom is 0.225 e. The highest BCUT2D eigenvalue weighted by atomic mass is 35.5.